The molecule has 0 saturated heterocycles. The Bertz CT molecular complexity index is 1750. The van der Waals surface area contributed by atoms with Crippen LogP contribution in [0.3, 0.4) is 0 Å². The lowest BCUT2D eigenvalue weighted by molar-refractivity contribution is 0.0977. The van der Waals surface area contributed by atoms with E-state index in [2.05, 4.69) is 9.97 Å². The molecule has 2 aromatic carbocycles. The molecule has 12 heteroatoms. The summed E-state index contributed by atoms with van der Waals surface area (Å²) in [5.74, 6) is 0.436. The molecular formula is C26H20Cl2N4O4S2. The van der Waals surface area contributed by atoms with Crippen molar-refractivity contribution in [2.75, 3.05) is 0 Å². The third-order valence-electron chi connectivity index (χ3n) is 5.66. The average Bonchev–Trinajstić information content (AvgIpc) is 3.47. The molecule has 0 aliphatic rings. The number of benzene rings is 2. The Morgan fingerprint density at radius 1 is 1.03 bits per heavy atom. The van der Waals surface area contributed by atoms with E-state index < -0.39 is 15.9 Å². The van der Waals surface area contributed by atoms with Crippen LogP contribution in [0.15, 0.2) is 77.0 Å². The lowest BCUT2D eigenvalue weighted by Gasteiger charge is -2.11. The second-order valence-electron chi connectivity index (χ2n) is 8.31. The van der Waals surface area contributed by atoms with Crippen LogP contribution >= 0.6 is 34.5 Å². The number of amides is 1. The highest BCUT2D eigenvalue weighted by Gasteiger charge is 2.22. The molecule has 0 aliphatic carbocycles. The van der Waals surface area contributed by atoms with Crippen LogP contribution in [0.5, 0.6) is 5.75 Å². The molecule has 0 bridgehead atoms. The first-order chi connectivity index (χ1) is 18.2. The standard InChI is InChI=1S/C26H20Cl2N4O4S2/c1-16-29-21-9-10-22(26(33)31-38(34,35)24-12-11-23(28)37-24)30-25(21)32(16)14-18-7-8-19(13-20(18)27)36-15-17-5-3-2-4-6-17/h2-13H,14-15H2,1H3,(H,31,33). The number of fused-ring (bicyclic) bond motifs is 1. The van der Waals surface area contributed by atoms with Gasteiger partial charge in [0, 0.05) is 5.02 Å². The van der Waals surface area contributed by atoms with Gasteiger partial charge in [-0.25, -0.2) is 23.1 Å². The van der Waals surface area contributed by atoms with E-state index in [1.807, 2.05) is 58.7 Å². The number of aromatic nitrogens is 3. The molecule has 3 heterocycles. The monoisotopic (exact) mass is 586 g/mol. The maximum atomic E-state index is 12.8. The van der Waals surface area contributed by atoms with Gasteiger partial charge in [-0.2, -0.15) is 0 Å². The van der Waals surface area contributed by atoms with Gasteiger partial charge in [-0.05, 0) is 54.4 Å². The van der Waals surface area contributed by atoms with E-state index in [0.29, 0.717) is 45.2 Å². The molecule has 38 heavy (non-hydrogen) atoms. The minimum absolute atomic E-state index is 0.0661. The van der Waals surface area contributed by atoms with E-state index >= 15 is 0 Å². The lowest BCUT2D eigenvalue weighted by atomic mass is 10.2. The van der Waals surface area contributed by atoms with Gasteiger partial charge in [-0.15, -0.1) is 11.3 Å². The Kier molecular flexibility index (Phi) is 7.40. The van der Waals surface area contributed by atoms with Crippen LogP contribution in [0.2, 0.25) is 9.36 Å². The number of halogens is 2. The summed E-state index contributed by atoms with van der Waals surface area (Å²) in [7, 11) is -4.08. The van der Waals surface area contributed by atoms with Crippen molar-refractivity contribution in [1.82, 2.24) is 19.3 Å². The summed E-state index contributed by atoms with van der Waals surface area (Å²) in [4.78, 5) is 21.7. The predicted molar refractivity (Wildman–Crippen MR) is 148 cm³/mol. The third kappa shape index (κ3) is 5.68. The van der Waals surface area contributed by atoms with Gasteiger partial charge in [-0.3, -0.25) is 4.79 Å². The highest BCUT2D eigenvalue weighted by atomic mass is 35.5. The van der Waals surface area contributed by atoms with E-state index in [-0.39, 0.29) is 9.90 Å². The van der Waals surface area contributed by atoms with Crippen molar-refractivity contribution < 1.29 is 17.9 Å². The molecule has 0 radical (unpaired) electrons. The number of sulfonamides is 1. The number of nitrogens with zero attached hydrogens (tertiary/aromatic N) is 3. The first kappa shape index (κ1) is 26.2. The van der Waals surface area contributed by atoms with Gasteiger partial charge >= 0.3 is 0 Å². The zero-order chi connectivity index (χ0) is 26.9. The summed E-state index contributed by atoms with van der Waals surface area (Å²) in [6, 6.07) is 21.1. The van der Waals surface area contributed by atoms with Crippen molar-refractivity contribution in [3.05, 3.63) is 105 Å². The molecule has 0 saturated carbocycles. The van der Waals surface area contributed by atoms with Gasteiger partial charge in [0.15, 0.2) is 5.65 Å². The quantitative estimate of drug-likeness (QED) is 0.244. The molecule has 0 unspecified atom stereocenters. The Morgan fingerprint density at radius 3 is 2.53 bits per heavy atom. The second kappa shape index (κ2) is 10.7. The maximum Gasteiger partial charge on any atom is 0.283 e. The Hall–Kier alpha value is -3.44. The summed E-state index contributed by atoms with van der Waals surface area (Å²) in [5, 5.41) is 0.506. The van der Waals surface area contributed by atoms with Gasteiger partial charge in [0.1, 0.15) is 33.6 Å². The van der Waals surface area contributed by atoms with Crippen LogP contribution in [0.1, 0.15) is 27.4 Å². The number of thiophene rings is 1. The summed E-state index contributed by atoms with van der Waals surface area (Å²) >= 11 is 13.3. The summed E-state index contributed by atoms with van der Waals surface area (Å²) in [5.41, 5.74) is 2.76. The number of imidazole rings is 1. The molecule has 5 aromatic rings. The SMILES string of the molecule is Cc1nc2ccc(C(=O)NS(=O)(=O)c3ccc(Cl)s3)nc2n1Cc1ccc(OCc2ccccc2)cc1Cl. The summed E-state index contributed by atoms with van der Waals surface area (Å²) in [6.07, 6.45) is 0. The van der Waals surface area contributed by atoms with Crippen LogP contribution in [-0.2, 0) is 23.2 Å². The van der Waals surface area contributed by atoms with Crippen molar-refractivity contribution in [2.24, 2.45) is 0 Å². The molecule has 5 rings (SSSR count). The fourth-order valence-electron chi connectivity index (χ4n) is 3.75. The van der Waals surface area contributed by atoms with Crippen LogP contribution in [0, 0.1) is 6.92 Å². The van der Waals surface area contributed by atoms with Crippen LogP contribution in [0.4, 0.5) is 0 Å². The van der Waals surface area contributed by atoms with E-state index in [0.717, 1.165) is 22.5 Å². The number of carbonyl (C=O) groups excluding carboxylic acids is 1. The first-order valence-corrected chi connectivity index (χ1v) is 14.4. The van der Waals surface area contributed by atoms with Crippen molar-refractivity contribution in [3.63, 3.8) is 0 Å². The zero-order valence-electron chi connectivity index (χ0n) is 19.9. The van der Waals surface area contributed by atoms with E-state index in [1.54, 1.807) is 12.1 Å². The van der Waals surface area contributed by atoms with Crippen LogP contribution in [0.25, 0.3) is 11.2 Å². The van der Waals surface area contributed by atoms with Gasteiger partial charge in [-0.1, -0.05) is 59.6 Å². The first-order valence-electron chi connectivity index (χ1n) is 11.3. The lowest BCUT2D eigenvalue weighted by Crippen LogP contribution is -2.30. The fraction of sp³-hybridized carbons (Fsp3) is 0.115. The number of pyridine rings is 1. The van der Waals surface area contributed by atoms with Crippen molar-refractivity contribution >= 4 is 61.6 Å². The average molecular weight is 588 g/mol. The molecule has 0 fully saturated rings. The second-order valence-corrected chi connectivity index (χ2v) is 12.3. The van der Waals surface area contributed by atoms with Crippen LogP contribution < -0.4 is 9.46 Å². The molecule has 1 amide bonds. The highest BCUT2D eigenvalue weighted by Crippen LogP contribution is 2.27. The highest BCUT2D eigenvalue weighted by molar-refractivity contribution is 7.92. The topological polar surface area (TPSA) is 103 Å². The number of nitrogens with one attached hydrogen (secondary N) is 1. The Balaban J connectivity index is 1.36. The van der Waals surface area contributed by atoms with Crippen molar-refractivity contribution in [1.29, 1.82) is 0 Å². The van der Waals surface area contributed by atoms with Gasteiger partial charge in [0.25, 0.3) is 15.9 Å². The summed E-state index contributed by atoms with van der Waals surface area (Å²) in [6.45, 7) is 2.58. The molecule has 0 spiro atoms. The molecule has 0 atom stereocenters. The molecule has 194 valence electrons. The minimum Gasteiger partial charge on any atom is -0.489 e. The minimum atomic E-state index is -4.08. The number of aryl methyl sites for hydroxylation is 1. The zero-order valence-corrected chi connectivity index (χ0v) is 23.0. The number of hydrogen-bond donors (Lipinski definition) is 1. The molecular weight excluding hydrogens is 567 g/mol. The summed E-state index contributed by atoms with van der Waals surface area (Å²) < 4.78 is 35.0. The van der Waals surface area contributed by atoms with Gasteiger partial charge in [0.05, 0.1) is 10.9 Å². The third-order valence-corrected chi connectivity index (χ3v) is 9.06. The molecule has 8 nitrogen and oxygen atoms in total. The molecule has 0 aliphatic heterocycles. The molecule has 1 N–H and O–H groups in total. The number of ether oxygens (including phenoxy) is 1. The maximum absolute atomic E-state index is 12.8. The van der Waals surface area contributed by atoms with E-state index in [4.69, 9.17) is 27.9 Å². The van der Waals surface area contributed by atoms with Crippen molar-refractivity contribution in [2.45, 2.75) is 24.3 Å². The predicted octanol–water partition coefficient (Wildman–Crippen LogP) is 5.85. The van der Waals surface area contributed by atoms with Crippen molar-refractivity contribution in [3.8, 4) is 5.75 Å². The van der Waals surface area contributed by atoms with Gasteiger partial charge in [0.2, 0.25) is 0 Å². The fourth-order valence-corrected chi connectivity index (χ4v) is 6.43. The van der Waals surface area contributed by atoms with Crippen LogP contribution in [-0.4, -0.2) is 28.9 Å². The largest absolute Gasteiger partial charge is 0.489 e. The number of carbonyl (C=O) groups is 1. The smallest absolute Gasteiger partial charge is 0.283 e. The Labute approximate surface area is 232 Å². The normalized spacial score (nSPS) is 11.6. The van der Waals surface area contributed by atoms with E-state index in [1.165, 1.54) is 18.2 Å². The molecule has 3 aromatic heterocycles. The van der Waals surface area contributed by atoms with Gasteiger partial charge < -0.3 is 9.30 Å². The number of hydrogen-bond acceptors (Lipinski definition) is 7. The number of rotatable bonds is 8. The van der Waals surface area contributed by atoms with E-state index in [9.17, 15) is 13.2 Å². The Morgan fingerprint density at radius 2 is 1.82 bits per heavy atom.